The number of nitrogens with one attached hydrogen (secondary N) is 1. The number of aromatic amines is 1. The largest absolute Gasteiger partial charge is 0.493 e. The number of nitrogens with zero attached hydrogens (tertiary/aromatic N) is 3. The van der Waals surface area contributed by atoms with Gasteiger partial charge in [-0.3, -0.25) is 0 Å². The lowest BCUT2D eigenvalue weighted by atomic mass is 10.1. The van der Waals surface area contributed by atoms with Crippen molar-refractivity contribution in [1.29, 1.82) is 0 Å². The Morgan fingerprint density at radius 1 is 0.964 bits per heavy atom. The third kappa shape index (κ3) is 4.00. The minimum atomic E-state index is 0. The Morgan fingerprint density at radius 2 is 1.68 bits per heavy atom. The summed E-state index contributed by atoms with van der Waals surface area (Å²) >= 11 is 0. The molecule has 0 amide bonds. The van der Waals surface area contributed by atoms with Crippen molar-refractivity contribution in [3.63, 3.8) is 0 Å². The summed E-state index contributed by atoms with van der Waals surface area (Å²) in [4.78, 5) is 15.3. The van der Waals surface area contributed by atoms with Crippen molar-refractivity contribution in [2.24, 2.45) is 0 Å². The van der Waals surface area contributed by atoms with E-state index in [1.54, 1.807) is 14.2 Å². The number of hydrogen-bond acceptors (Lipinski definition) is 5. The number of benzene rings is 1. The molecule has 1 aliphatic rings. The Kier molecular flexibility index (Phi) is 7.10. The van der Waals surface area contributed by atoms with Crippen LogP contribution in [-0.4, -0.2) is 47.7 Å². The van der Waals surface area contributed by atoms with Crippen LogP contribution in [0.3, 0.4) is 0 Å². The van der Waals surface area contributed by atoms with E-state index >= 15 is 0 Å². The number of ether oxygens (including phenoxy) is 2. The molecule has 0 radical (unpaired) electrons. The lowest BCUT2D eigenvalue weighted by Crippen LogP contribution is -2.30. The van der Waals surface area contributed by atoms with E-state index < -0.39 is 0 Å². The summed E-state index contributed by atoms with van der Waals surface area (Å²) in [6.45, 7) is 4.06. The molecule has 3 heterocycles. The van der Waals surface area contributed by atoms with Gasteiger partial charge in [-0.1, -0.05) is 0 Å². The first-order valence-corrected chi connectivity index (χ1v) is 9.04. The van der Waals surface area contributed by atoms with Crippen LogP contribution in [0.15, 0.2) is 24.3 Å². The molecular formula is C20H27ClN4O3. The number of piperidine rings is 1. The first-order valence-electron chi connectivity index (χ1n) is 9.04. The quantitative estimate of drug-likeness (QED) is 0.715. The summed E-state index contributed by atoms with van der Waals surface area (Å²) in [5, 5.41) is 0. The van der Waals surface area contributed by atoms with Crippen molar-refractivity contribution < 1.29 is 14.9 Å². The van der Waals surface area contributed by atoms with Gasteiger partial charge in [0.25, 0.3) is 0 Å². The number of aryl methyl sites for hydroxylation is 1. The maximum Gasteiger partial charge on any atom is 0.161 e. The predicted octanol–water partition coefficient (Wildman–Crippen LogP) is 3.54. The molecule has 1 aliphatic heterocycles. The fourth-order valence-corrected chi connectivity index (χ4v) is 3.60. The van der Waals surface area contributed by atoms with Gasteiger partial charge in [-0.25, -0.2) is 9.97 Å². The third-order valence-electron chi connectivity index (χ3n) is 4.92. The van der Waals surface area contributed by atoms with Gasteiger partial charge in [-0.05, 0) is 50.5 Å². The Labute approximate surface area is 170 Å². The van der Waals surface area contributed by atoms with Gasteiger partial charge < -0.3 is 24.8 Å². The van der Waals surface area contributed by atoms with E-state index in [0.29, 0.717) is 5.75 Å². The van der Waals surface area contributed by atoms with Gasteiger partial charge in [-0.15, -0.1) is 12.4 Å². The molecule has 28 heavy (non-hydrogen) atoms. The molecule has 3 aromatic rings. The average molecular weight is 407 g/mol. The summed E-state index contributed by atoms with van der Waals surface area (Å²) in [5.74, 6) is 3.24. The Hall–Kier alpha value is -2.51. The number of rotatable bonds is 4. The van der Waals surface area contributed by atoms with Crippen molar-refractivity contribution in [3.05, 3.63) is 30.1 Å². The highest BCUT2D eigenvalue weighted by Gasteiger charge is 2.19. The zero-order valence-corrected chi connectivity index (χ0v) is 17.2. The second-order valence-corrected chi connectivity index (χ2v) is 6.66. The zero-order valence-electron chi connectivity index (χ0n) is 16.4. The molecule has 7 nitrogen and oxygen atoms in total. The third-order valence-corrected chi connectivity index (χ3v) is 4.92. The van der Waals surface area contributed by atoms with Crippen LogP contribution in [0.25, 0.3) is 22.3 Å². The molecule has 1 aromatic carbocycles. The average Bonchev–Trinajstić information content (AvgIpc) is 3.11. The van der Waals surface area contributed by atoms with Crippen molar-refractivity contribution in [2.45, 2.75) is 26.2 Å². The highest BCUT2D eigenvalue weighted by atomic mass is 35.5. The molecule has 0 spiro atoms. The van der Waals surface area contributed by atoms with Crippen LogP contribution in [0.5, 0.6) is 11.5 Å². The van der Waals surface area contributed by atoms with Gasteiger partial charge in [0.15, 0.2) is 17.3 Å². The molecule has 0 aliphatic carbocycles. The second-order valence-electron chi connectivity index (χ2n) is 6.66. The monoisotopic (exact) mass is 406 g/mol. The van der Waals surface area contributed by atoms with Gasteiger partial charge in [0, 0.05) is 24.3 Å². The highest BCUT2D eigenvalue weighted by Crippen LogP contribution is 2.34. The molecule has 152 valence electrons. The number of H-pyrrole nitrogens is 1. The van der Waals surface area contributed by atoms with Crippen LogP contribution >= 0.6 is 12.4 Å². The van der Waals surface area contributed by atoms with E-state index in [1.807, 2.05) is 25.1 Å². The summed E-state index contributed by atoms with van der Waals surface area (Å²) in [5.41, 5.74) is 3.98. The summed E-state index contributed by atoms with van der Waals surface area (Å²) < 4.78 is 10.8. The van der Waals surface area contributed by atoms with Crippen LogP contribution in [0, 0.1) is 6.92 Å². The molecular weight excluding hydrogens is 380 g/mol. The topological polar surface area (TPSA) is 94.8 Å². The molecule has 3 N–H and O–H groups in total. The van der Waals surface area contributed by atoms with Crippen molar-refractivity contribution >= 4 is 29.3 Å². The normalized spacial score (nSPS) is 13.6. The van der Waals surface area contributed by atoms with Crippen molar-refractivity contribution in [1.82, 2.24) is 15.0 Å². The number of aromatic nitrogens is 3. The molecule has 0 saturated carbocycles. The van der Waals surface area contributed by atoms with Gasteiger partial charge >= 0.3 is 0 Å². The zero-order chi connectivity index (χ0) is 18.1. The van der Waals surface area contributed by atoms with E-state index in [4.69, 9.17) is 14.5 Å². The number of hydrogen-bond donors (Lipinski definition) is 1. The highest BCUT2D eigenvalue weighted by molar-refractivity contribution is 5.91. The van der Waals surface area contributed by atoms with Crippen LogP contribution in [-0.2, 0) is 0 Å². The van der Waals surface area contributed by atoms with E-state index in [-0.39, 0.29) is 17.9 Å². The van der Waals surface area contributed by atoms with E-state index in [0.717, 1.165) is 52.8 Å². The van der Waals surface area contributed by atoms with Crippen LogP contribution in [0.1, 0.15) is 25.1 Å². The number of anilines is 1. The minimum absolute atomic E-state index is 0. The molecule has 0 atom stereocenters. The standard InChI is InChI=1S/C20H24N4O2.ClH.H2O/c1-13-21-16-12-15(14-7-8-17(25-2)18(11-14)26-3)23-19(16)20(22-13)24-9-5-4-6-10-24;;/h7-8,11-12,23H,4-6,9-10H2,1-3H3;1H;1H2. The Balaban J connectivity index is 0.00000140. The lowest BCUT2D eigenvalue weighted by molar-refractivity contribution is 0.355. The summed E-state index contributed by atoms with van der Waals surface area (Å²) in [6.07, 6.45) is 3.73. The number of fused-ring (bicyclic) bond motifs is 1. The minimum Gasteiger partial charge on any atom is -0.493 e. The number of halogens is 1. The first kappa shape index (κ1) is 21.8. The van der Waals surface area contributed by atoms with Gasteiger partial charge in [-0.2, -0.15) is 0 Å². The number of methoxy groups -OCH3 is 2. The fourth-order valence-electron chi connectivity index (χ4n) is 3.60. The molecule has 0 unspecified atom stereocenters. The molecule has 1 saturated heterocycles. The maximum atomic E-state index is 5.44. The van der Waals surface area contributed by atoms with Crippen molar-refractivity contribution in [3.8, 4) is 22.8 Å². The smallest absolute Gasteiger partial charge is 0.161 e. The molecule has 1 fully saturated rings. The van der Waals surface area contributed by atoms with Crippen LogP contribution in [0.2, 0.25) is 0 Å². The molecule has 8 heteroatoms. The van der Waals surface area contributed by atoms with Crippen LogP contribution in [0.4, 0.5) is 5.82 Å². The summed E-state index contributed by atoms with van der Waals surface area (Å²) in [6, 6.07) is 8.00. The maximum absolute atomic E-state index is 5.44. The lowest BCUT2D eigenvalue weighted by Gasteiger charge is -2.28. The molecule has 4 rings (SSSR count). The first-order chi connectivity index (χ1) is 12.7. The Morgan fingerprint density at radius 3 is 2.36 bits per heavy atom. The second kappa shape index (κ2) is 9.12. The predicted molar refractivity (Wildman–Crippen MR) is 114 cm³/mol. The Bertz CT molecular complexity index is 939. The van der Waals surface area contributed by atoms with Gasteiger partial charge in [0.2, 0.25) is 0 Å². The van der Waals surface area contributed by atoms with Gasteiger partial charge in [0.05, 0.1) is 19.7 Å². The molecule has 2 aromatic heterocycles. The van der Waals surface area contributed by atoms with E-state index in [2.05, 4.69) is 20.9 Å². The molecule has 0 bridgehead atoms. The fraction of sp³-hybridized carbons (Fsp3) is 0.400. The van der Waals surface area contributed by atoms with E-state index in [9.17, 15) is 0 Å². The van der Waals surface area contributed by atoms with Crippen LogP contribution < -0.4 is 14.4 Å². The summed E-state index contributed by atoms with van der Waals surface area (Å²) in [7, 11) is 3.29. The van der Waals surface area contributed by atoms with Gasteiger partial charge in [0.1, 0.15) is 11.3 Å². The SMILES string of the molecule is COc1ccc(-c2cc3nc(C)nc(N4CCCCC4)c3[nH]2)cc1OC.Cl.O. The van der Waals surface area contributed by atoms with Crippen molar-refractivity contribution in [2.75, 3.05) is 32.2 Å². The van der Waals surface area contributed by atoms with E-state index in [1.165, 1.54) is 19.3 Å².